The van der Waals surface area contributed by atoms with Gasteiger partial charge >= 0.3 is 5.69 Å². The summed E-state index contributed by atoms with van der Waals surface area (Å²) in [5.74, 6) is 0.666. The van der Waals surface area contributed by atoms with Crippen molar-refractivity contribution in [1.29, 1.82) is 0 Å². The van der Waals surface area contributed by atoms with Gasteiger partial charge in [0.15, 0.2) is 0 Å². The number of aromatic amines is 1. The third kappa shape index (κ3) is 1.53. The summed E-state index contributed by atoms with van der Waals surface area (Å²) in [5.41, 5.74) is 2.06. The first-order chi connectivity index (χ1) is 5.81. The minimum absolute atomic E-state index is 0.230. The molecule has 1 aliphatic rings. The summed E-state index contributed by atoms with van der Waals surface area (Å²) >= 11 is 2.26. The quantitative estimate of drug-likeness (QED) is 0.658. The zero-order valence-electron chi connectivity index (χ0n) is 6.51. The maximum Gasteiger partial charge on any atom is 0.345 e. The summed E-state index contributed by atoms with van der Waals surface area (Å²) in [6, 6.07) is 0. The van der Waals surface area contributed by atoms with Crippen molar-refractivity contribution in [3.63, 3.8) is 0 Å². The Hall–Kier alpha value is -0.390. The number of hydrogen-bond donors (Lipinski definition) is 1. The summed E-state index contributed by atoms with van der Waals surface area (Å²) in [6.45, 7) is 0. The molecule has 1 N–H and O–H groups in total. The van der Waals surface area contributed by atoms with E-state index < -0.39 is 0 Å². The lowest BCUT2D eigenvalue weighted by Crippen LogP contribution is -2.13. The molecule has 12 heavy (non-hydrogen) atoms. The molecule has 2 rings (SSSR count). The molecule has 0 bridgehead atoms. The van der Waals surface area contributed by atoms with E-state index in [-0.39, 0.29) is 5.69 Å². The topological polar surface area (TPSA) is 45.8 Å². The average molecular weight is 276 g/mol. The van der Waals surface area contributed by atoms with Crippen LogP contribution in [0.5, 0.6) is 0 Å². The number of aromatic nitrogens is 2. The van der Waals surface area contributed by atoms with Crippen molar-refractivity contribution in [2.75, 3.05) is 0 Å². The fraction of sp³-hybridized carbons (Fsp3) is 0.500. The normalized spacial score (nSPS) is 16.4. The van der Waals surface area contributed by atoms with Gasteiger partial charge in [0.25, 0.3) is 0 Å². The molecule has 1 aromatic heterocycles. The maximum atomic E-state index is 10.9. The van der Waals surface area contributed by atoms with Gasteiger partial charge in [-0.3, -0.25) is 0 Å². The lowest BCUT2D eigenvalue weighted by Gasteiger charge is -2.02. The zero-order chi connectivity index (χ0) is 8.55. The Balaban J connectivity index is 2.45. The zero-order valence-corrected chi connectivity index (χ0v) is 8.67. The number of alkyl halides is 1. The van der Waals surface area contributed by atoms with Crippen LogP contribution in [0.15, 0.2) is 11.0 Å². The minimum atomic E-state index is -0.230. The second-order valence-corrected chi connectivity index (χ2v) is 3.79. The molecule has 1 fully saturated rings. The predicted molar refractivity (Wildman–Crippen MR) is 54.6 cm³/mol. The van der Waals surface area contributed by atoms with Crippen molar-refractivity contribution < 1.29 is 0 Å². The van der Waals surface area contributed by atoms with E-state index in [1.807, 2.05) is 0 Å². The molecule has 0 unspecified atom stereocenters. The van der Waals surface area contributed by atoms with E-state index in [9.17, 15) is 4.79 Å². The average Bonchev–Trinajstić information content (AvgIpc) is 2.87. The summed E-state index contributed by atoms with van der Waals surface area (Å²) < 4.78 is 0.862. The lowest BCUT2D eigenvalue weighted by molar-refractivity contribution is 0.945. The van der Waals surface area contributed by atoms with Crippen LogP contribution in [0.3, 0.4) is 0 Å². The predicted octanol–water partition coefficient (Wildman–Crippen LogP) is 1.58. The molecule has 0 amide bonds. The van der Waals surface area contributed by atoms with Crippen molar-refractivity contribution in [2.45, 2.75) is 23.2 Å². The summed E-state index contributed by atoms with van der Waals surface area (Å²) in [7, 11) is 0. The second kappa shape index (κ2) is 3.16. The van der Waals surface area contributed by atoms with Crippen LogP contribution < -0.4 is 5.69 Å². The highest BCUT2D eigenvalue weighted by atomic mass is 127. The van der Waals surface area contributed by atoms with Crippen molar-refractivity contribution in [3.8, 4) is 0 Å². The smallest absolute Gasteiger partial charge is 0.309 e. The Morgan fingerprint density at radius 1 is 1.67 bits per heavy atom. The first-order valence-corrected chi connectivity index (χ1v) is 5.48. The molecule has 0 spiro atoms. The Morgan fingerprint density at radius 2 is 2.42 bits per heavy atom. The van der Waals surface area contributed by atoms with E-state index in [4.69, 9.17) is 0 Å². The highest BCUT2D eigenvalue weighted by Gasteiger charge is 2.26. The van der Waals surface area contributed by atoms with Crippen LogP contribution >= 0.6 is 22.6 Å². The van der Waals surface area contributed by atoms with Gasteiger partial charge in [-0.15, -0.1) is 0 Å². The van der Waals surface area contributed by atoms with Crippen LogP contribution in [0.25, 0.3) is 0 Å². The van der Waals surface area contributed by atoms with E-state index in [0.717, 1.165) is 10.1 Å². The molecule has 1 aliphatic carbocycles. The van der Waals surface area contributed by atoms with Crippen LogP contribution in [0, 0.1) is 0 Å². The van der Waals surface area contributed by atoms with Gasteiger partial charge in [-0.2, -0.15) is 0 Å². The van der Waals surface area contributed by atoms with Crippen molar-refractivity contribution in [1.82, 2.24) is 9.97 Å². The summed E-state index contributed by atoms with van der Waals surface area (Å²) in [4.78, 5) is 17.4. The number of nitrogens with zero attached hydrogens (tertiary/aromatic N) is 1. The van der Waals surface area contributed by atoms with Gasteiger partial charge in [-0.1, -0.05) is 22.6 Å². The van der Waals surface area contributed by atoms with Crippen LogP contribution in [-0.4, -0.2) is 9.97 Å². The molecular formula is C8H9IN2O. The van der Waals surface area contributed by atoms with Gasteiger partial charge in [-0.05, 0) is 24.3 Å². The lowest BCUT2D eigenvalue weighted by atomic mass is 10.1. The molecule has 0 radical (unpaired) electrons. The van der Waals surface area contributed by atoms with E-state index in [1.165, 1.54) is 18.4 Å². The highest BCUT2D eigenvalue weighted by Crippen LogP contribution is 2.40. The molecule has 4 heteroatoms. The van der Waals surface area contributed by atoms with Gasteiger partial charge in [-0.25, -0.2) is 9.78 Å². The summed E-state index contributed by atoms with van der Waals surface area (Å²) in [5, 5.41) is 0. The molecule has 0 aromatic carbocycles. The number of H-pyrrole nitrogens is 1. The van der Waals surface area contributed by atoms with Crippen molar-refractivity contribution in [3.05, 3.63) is 27.9 Å². The third-order valence-electron chi connectivity index (χ3n) is 2.08. The molecule has 0 aliphatic heterocycles. The molecule has 1 saturated carbocycles. The minimum Gasteiger partial charge on any atom is -0.309 e. The van der Waals surface area contributed by atoms with Crippen molar-refractivity contribution >= 4 is 22.6 Å². The van der Waals surface area contributed by atoms with Gasteiger partial charge < -0.3 is 4.98 Å². The highest BCUT2D eigenvalue weighted by molar-refractivity contribution is 14.1. The van der Waals surface area contributed by atoms with E-state index >= 15 is 0 Å². The van der Waals surface area contributed by atoms with Crippen LogP contribution in [0.1, 0.15) is 30.0 Å². The fourth-order valence-corrected chi connectivity index (χ4v) is 1.93. The number of rotatable bonds is 2. The van der Waals surface area contributed by atoms with Crippen LogP contribution in [-0.2, 0) is 4.43 Å². The maximum absolute atomic E-state index is 10.9. The number of nitrogens with one attached hydrogen (secondary N) is 1. The molecular weight excluding hydrogens is 267 g/mol. The molecule has 3 nitrogen and oxygen atoms in total. The van der Waals surface area contributed by atoms with Gasteiger partial charge in [0.2, 0.25) is 0 Å². The first-order valence-electron chi connectivity index (χ1n) is 3.95. The monoisotopic (exact) mass is 276 g/mol. The largest absolute Gasteiger partial charge is 0.345 e. The molecule has 1 aromatic rings. The Labute approximate surface area is 83.7 Å². The van der Waals surface area contributed by atoms with E-state index in [2.05, 4.69) is 32.6 Å². The van der Waals surface area contributed by atoms with Gasteiger partial charge in [0, 0.05) is 16.3 Å². The van der Waals surface area contributed by atoms with E-state index in [1.54, 1.807) is 6.20 Å². The molecule has 1 heterocycles. The van der Waals surface area contributed by atoms with Crippen LogP contribution in [0.2, 0.25) is 0 Å². The Kier molecular flexibility index (Phi) is 2.16. The number of hydrogen-bond acceptors (Lipinski definition) is 2. The molecule has 0 saturated heterocycles. The molecule has 0 atom stereocenters. The van der Waals surface area contributed by atoms with Gasteiger partial charge in [0.1, 0.15) is 0 Å². The standard InChI is InChI=1S/C8H9IN2O/c9-3-7-6(5-1-2-5)4-10-8(12)11-7/h4-5H,1-3H2,(H,10,11,12). The number of halogens is 1. The second-order valence-electron chi connectivity index (χ2n) is 3.03. The molecule has 64 valence electrons. The van der Waals surface area contributed by atoms with E-state index in [0.29, 0.717) is 5.92 Å². The Bertz CT molecular complexity index is 343. The third-order valence-corrected chi connectivity index (χ3v) is 2.84. The fourth-order valence-electron chi connectivity index (χ4n) is 1.30. The van der Waals surface area contributed by atoms with Crippen LogP contribution in [0.4, 0.5) is 0 Å². The van der Waals surface area contributed by atoms with Crippen molar-refractivity contribution in [2.24, 2.45) is 0 Å². The Morgan fingerprint density at radius 3 is 3.00 bits per heavy atom. The first kappa shape index (κ1) is 8.22. The summed E-state index contributed by atoms with van der Waals surface area (Å²) in [6.07, 6.45) is 4.22. The SMILES string of the molecule is O=c1ncc(C2CC2)c(CI)[nH]1. The van der Waals surface area contributed by atoms with Gasteiger partial charge in [0.05, 0.1) is 0 Å².